The lowest BCUT2D eigenvalue weighted by molar-refractivity contribution is -0.121. The van der Waals surface area contributed by atoms with E-state index in [4.69, 9.17) is 0 Å². The number of carbonyl (C=O) groups is 2. The fourth-order valence-electron chi connectivity index (χ4n) is 3.01. The number of hydrogen-bond acceptors (Lipinski definition) is 5. The number of likely N-dealkylation sites (tertiary alicyclic amines) is 1. The van der Waals surface area contributed by atoms with Gasteiger partial charge in [-0.3, -0.25) is 4.79 Å². The highest BCUT2D eigenvalue weighted by Crippen LogP contribution is 2.22. The predicted molar refractivity (Wildman–Crippen MR) is 107 cm³/mol. The Morgan fingerprint density at radius 3 is 2.59 bits per heavy atom. The molecular formula is C19H25N5O2S. The van der Waals surface area contributed by atoms with Crippen LogP contribution in [0.15, 0.2) is 30.3 Å². The molecule has 0 spiro atoms. The molecule has 1 aliphatic heterocycles. The Kier molecular flexibility index (Phi) is 6.75. The van der Waals surface area contributed by atoms with Crippen LogP contribution in [0.4, 0.5) is 15.6 Å². The van der Waals surface area contributed by atoms with Crippen molar-refractivity contribution >= 4 is 34.1 Å². The Morgan fingerprint density at radius 2 is 1.89 bits per heavy atom. The molecular weight excluding hydrogens is 362 g/mol. The number of nitrogens with zero attached hydrogens (tertiary/aromatic N) is 3. The van der Waals surface area contributed by atoms with Gasteiger partial charge in [0.25, 0.3) is 0 Å². The van der Waals surface area contributed by atoms with Gasteiger partial charge < -0.3 is 15.5 Å². The molecule has 7 nitrogen and oxygen atoms in total. The van der Waals surface area contributed by atoms with Crippen LogP contribution in [-0.2, 0) is 11.2 Å². The van der Waals surface area contributed by atoms with E-state index in [1.54, 1.807) is 4.90 Å². The van der Waals surface area contributed by atoms with Gasteiger partial charge in [0.05, 0.1) is 0 Å². The zero-order valence-corrected chi connectivity index (χ0v) is 16.3. The second-order valence-corrected chi connectivity index (χ2v) is 7.71. The summed E-state index contributed by atoms with van der Waals surface area (Å²) in [5, 5.41) is 15.5. The van der Waals surface area contributed by atoms with Gasteiger partial charge in [-0.2, -0.15) is 0 Å². The molecule has 0 bridgehead atoms. The molecule has 0 radical (unpaired) electrons. The van der Waals surface area contributed by atoms with Gasteiger partial charge in [0.2, 0.25) is 11.0 Å². The number of benzene rings is 1. The summed E-state index contributed by atoms with van der Waals surface area (Å²) in [4.78, 5) is 26.5. The number of nitrogens with one attached hydrogen (secondary N) is 2. The van der Waals surface area contributed by atoms with E-state index in [0.717, 1.165) is 30.0 Å². The van der Waals surface area contributed by atoms with Crippen LogP contribution < -0.4 is 10.6 Å². The van der Waals surface area contributed by atoms with Gasteiger partial charge in [0.1, 0.15) is 5.01 Å². The summed E-state index contributed by atoms with van der Waals surface area (Å²) < 4.78 is 0. The smallest absolute Gasteiger partial charge is 0.321 e. The van der Waals surface area contributed by atoms with Crippen LogP contribution in [0, 0.1) is 5.92 Å². The number of rotatable bonds is 6. The third kappa shape index (κ3) is 5.50. The number of amides is 3. The van der Waals surface area contributed by atoms with Crippen molar-refractivity contribution in [1.29, 1.82) is 0 Å². The van der Waals surface area contributed by atoms with Crippen LogP contribution in [-0.4, -0.2) is 40.1 Å². The number of aryl methyl sites for hydroxylation is 1. The maximum Gasteiger partial charge on any atom is 0.321 e. The van der Waals surface area contributed by atoms with E-state index in [-0.39, 0.29) is 17.9 Å². The van der Waals surface area contributed by atoms with Crippen LogP contribution >= 0.6 is 11.3 Å². The summed E-state index contributed by atoms with van der Waals surface area (Å²) in [5.41, 5.74) is 0.775. The van der Waals surface area contributed by atoms with E-state index in [0.29, 0.717) is 31.1 Å². The van der Waals surface area contributed by atoms with Crippen molar-refractivity contribution in [3.8, 4) is 0 Å². The molecule has 3 rings (SSSR count). The van der Waals surface area contributed by atoms with E-state index in [2.05, 4.69) is 27.8 Å². The third-order valence-corrected chi connectivity index (χ3v) is 5.52. The quantitative estimate of drug-likeness (QED) is 0.790. The molecule has 0 unspecified atom stereocenters. The first-order valence-electron chi connectivity index (χ1n) is 9.40. The van der Waals surface area contributed by atoms with Crippen molar-refractivity contribution in [1.82, 2.24) is 15.1 Å². The van der Waals surface area contributed by atoms with E-state index >= 15 is 0 Å². The Labute approximate surface area is 163 Å². The van der Waals surface area contributed by atoms with E-state index in [9.17, 15) is 9.59 Å². The summed E-state index contributed by atoms with van der Waals surface area (Å²) in [6, 6.07) is 9.26. The monoisotopic (exact) mass is 387 g/mol. The van der Waals surface area contributed by atoms with Crippen LogP contribution in [0.3, 0.4) is 0 Å². The normalized spacial score (nSPS) is 14.8. The number of piperidine rings is 1. The maximum atomic E-state index is 12.5. The fourth-order valence-corrected chi connectivity index (χ4v) is 3.79. The lowest BCUT2D eigenvalue weighted by Crippen LogP contribution is -2.43. The fraction of sp³-hybridized carbons (Fsp3) is 0.474. The summed E-state index contributed by atoms with van der Waals surface area (Å²) in [6.07, 6.45) is 4.38. The van der Waals surface area contributed by atoms with E-state index in [1.165, 1.54) is 11.3 Å². The van der Waals surface area contributed by atoms with Crippen molar-refractivity contribution in [2.75, 3.05) is 23.7 Å². The highest BCUT2D eigenvalue weighted by molar-refractivity contribution is 7.15. The molecule has 2 aromatic rings. The lowest BCUT2D eigenvalue weighted by Gasteiger charge is -2.31. The Morgan fingerprint density at radius 1 is 1.15 bits per heavy atom. The molecule has 2 N–H and O–H groups in total. The molecule has 1 aromatic heterocycles. The van der Waals surface area contributed by atoms with Gasteiger partial charge >= 0.3 is 6.03 Å². The van der Waals surface area contributed by atoms with Gasteiger partial charge in [-0.05, 0) is 31.4 Å². The summed E-state index contributed by atoms with van der Waals surface area (Å²) in [5.74, 6) is -0.134. The minimum atomic E-state index is -0.121. The van der Waals surface area contributed by atoms with Crippen molar-refractivity contribution in [3.63, 3.8) is 0 Å². The first kappa shape index (κ1) is 19.3. The zero-order chi connectivity index (χ0) is 19.1. The molecule has 1 aliphatic rings. The number of carbonyl (C=O) groups excluding carboxylic acids is 2. The van der Waals surface area contributed by atoms with Crippen molar-refractivity contribution < 1.29 is 9.59 Å². The molecule has 0 atom stereocenters. The molecule has 1 fully saturated rings. The Balaban J connectivity index is 1.45. The number of para-hydroxylation sites is 1. The SMILES string of the molecule is CCCCc1nnc(NC(=O)C2CCN(C(=O)Nc3ccccc3)CC2)s1. The second kappa shape index (κ2) is 9.45. The standard InChI is InChI=1S/C19H25N5O2S/c1-2-3-9-16-22-23-18(27-16)21-17(25)14-10-12-24(13-11-14)19(26)20-15-7-5-4-6-8-15/h4-8,14H,2-3,9-13H2,1H3,(H,20,26)(H,21,23,25). The number of aromatic nitrogens is 2. The number of unbranched alkanes of at least 4 members (excludes halogenated alkanes) is 1. The molecule has 2 heterocycles. The topological polar surface area (TPSA) is 87.2 Å². The number of urea groups is 1. The van der Waals surface area contributed by atoms with Crippen molar-refractivity contribution in [2.45, 2.75) is 39.0 Å². The molecule has 1 saturated heterocycles. The largest absolute Gasteiger partial charge is 0.324 e. The second-order valence-electron chi connectivity index (χ2n) is 6.65. The molecule has 3 amide bonds. The van der Waals surface area contributed by atoms with Crippen LogP contribution in [0.2, 0.25) is 0 Å². The summed E-state index contributed by atoms with van der Waals surface area (Å²) in [6.45, 7) is 3.26. The van der Waals surface area contributed by atoms with Crippen LogP contribution in [0.1, 0.15) is 37.6 Å². The number of anilines is 2. The first-order chi connectivity index (χ1) is 13.2. The van der Waals surface area contributed by atoms with E-state index < -0.39 is 0 Å². The predicted octanol–water partition coefficient (Wildman–Crippen LogP) is 3.76. The van der Waals surface area contributed by atoms with Crippen LogP contribution in [0.25, 0.3) is 0 Å². The lowest BCUT2D eigenvalue weighted by atomic mass is 9.96. The number of hydrogen-bond donors (Lipinski definition) is 2. The highest BCUT2D eigenvalue weighted by atomic mass is 32.1. The molecule has 27 heavy (non-hydrogen) atoms. The van der Waals surface area contributed by atoms with Gasteiger partial charge in [-0.25, -0.2) is 4.79 Å². The van der Waals surface area contributed by atoms with Crippen molar-refractivity contribution in [2.24, 2.45) is 5.92 Å². The Hall–Kier alpha value is -2.48. The molecule has 1 aromatic carbocycles. The van der Waals surface area contributed by atoms with Gasteiger partial charge in [-0.1, -0.05) is 42.9 Å². The summed E-state index contributed by atoms with van der Waals surface area (Å²) in [7, 11) is 0. The van der Waals surface area contributed by atoms with Gasteiger partial charge in [0.15, 0.2) is 0 Å². The first-order valence-corrected chi connectivity index (χ1v) is 10.2. The average Bonchev–Trinajstić information content (AvgIpc) is 3.14. The Bertz CT molecular complexity index is 756. The van der Waals surface area contributed by atoms with Crippen LogP contribution in [0.5, 0.6) is 0 Å². The molecule has 0 aliphatic carbocycles. The highest BCUT2D eigenvalue weighted by Gasteiger charge is 2.28. The van der Waals surface area contributed by atoms with Gasteiger partial charge in [0, 0.05) is 31.1 Å². The average molecular weight is 388 g/mol. The zero-order valence-electron chi connectivity index (χ0n) is 15.5. The molecule has 144 valence electrons. The molecule has 0 saturated carbocycles. The van der Waals surface area contributed by atoms with E-state index in [1.807, 2.05) is 30.3 Å². The third-order valence-electron chi connectivity index (χ3n) is 4.62. The minimum absolute atomic E-state index is 0.0312. The van der Waals surface area contributed by atoms with Gasteiger partial charge in [-0.15, -0.1) is 10.2 Å². The molecule has 8 heteroatoms. The maximum absolute atomic E-state index is 12.5. The summed E-state index contributed by atoms with van der Waals surface area (Å²) >= 11 is 1.44. The van der Waals surface area contributed by atoms with Crippen molar-refractivity contribution in [3.05, 3.63) is 35.3 Å². The minimum Gasteiger partial charge on any atom is -0.324 e.